The largest absolute Gasteiger partial charge is 0.495 e. The van der Waals surface area contributed by atoms with Crippen LogP contribution < -0.4 is 15.4 Å². The Morgan fingerprint density at radius 3 is 2.72 bits per heavy atom. The number of hydrogen-bond acceptors (Lipinski definition) is 5. The minimum absolute atomic E-state index is 0.249. The number of hydrogen-bond donors (Lipinski definition) is 3. The summed E-state index contributed by atoms with van der Waals surface area (Å²) in [5.74, 6) is 0.986. The highest BCUT2D eigenvalue weighted by Crippen LogP contribution is 2.25. The molecular weight excluding hydrogens is 366 g/mol. The van der Waals surface area contributed by atoms with Crippen molar-refractivity contribution in [2.45, 2.75) is 6.42 Å². The van der Waals surface area contributed by atoms with Crippen molar-refractivity contribution < 1.29 is 9.53 Å². The number of carbonyl (C=O) groups is 1. The molecule has 146 valence electrons. The molecule has 29 heavy (non-hydrogen) atoms. The van der Waals surface area contributed by atoms with Crippen LogP contribution in [0, 0.1) is 0 Å². The molecule has 2 aromatic carbocycles. The Bertz CT molecular complexity index is 1120. The van der Waals surface area contributed by atoms with Gasteiger partial charge in [0.25, 0.3) is 5.91 Å². The third kappa shape index (κ3) is 4.19. The summed E-state index contributed by atoms with van der Waals surface area (Å²) < 4.78 is 5.30. The average Bonchev–Trinajstić information content (AvgIpc) is 3.18. The molecule has 0 bridgehead atoms. The zero-order valence-corrected chi connectivity index (χ0v) is 16.0. The van der Waals surface area contributed by atoms with Crippen molar-refractivity contribution in [3.63, 3.8) is 0 Å². The van der Waals surface area contributed by atoms with Crippen LogP contribution in [0.15, 0.2) is 67.1 Å². The van der Waals surface area contributed by atoms with Gasteiger partial charge in [0.2, 0.25) is 0 Å². The number of para-hydroxylation sites is 3. The van der Waals surface area contributed by atoms with Gasteiger partial charge in [0.15, 0.2) is 0 Å². The molecule has 4 rings (SSSR count). The Balaban J connectivity index is 1.34. The molecule has 1 amide bonds. The Hall–Kier alpha value is -3.87. The Labute approximate surface area is 168 Å². The summed E-state index contributed by atoms with van der Waals surface area (Å²) >= 11 is 0. The van der Waals surface area contributed by atoms with Gasteiger partial charge in [-0.3, -0.25) is 4.79 Å². The predicted octanol–water partition coefficient (Wildman–Crippen LogP) is 3.68. The van der Waals surface area contributed by atoms with E-state index in [0.29, 0.717) is 18.1 Å². The standard InChI is InChI=1S/C22H21N5O2/c1-29-20-9-5-4-8-18(20)27-21-14-25-19(13-26-21)22(28)23-11-10-15-12-24-17-7-3-2-6-16(15)17/h2-9,12-14,24H,10-11H2,1H3,(H,23,28)(H,26,27). The lowest BCUT2D eigenvalue weighted by molar-refractivity contribution is 0.0949. The highest BCUT2D eigenvalue weighted by Gasteiger charge is 2.10. The fraction of sp³-hybridized carbons (Fsp3) is 0.136. The van der Waals surface area contributed by atoms with Crippen molar-refractivity contribution >= 4 is 28.3 Å². The van der Waals surface area contributed by atoms with E-state index in [1.807, 2.05) is 48.7 Å². The molecule has 4 aromatic rings. The summed E-state index contributed by atoms with van der Waals surface area (Å²) in [6, 6.07) is 15.6. The van der Waals surface area contributed by atoms with Crippen molar-refractivity contribution in [2.24, 2.45) is 0 Å². The maximum atomic E-state index is 12.3. The maximum absolute atomic E-state index is 12.3. The van der Waals surface area contributed by atoms with E-state index in [2.05, 4.69) is 31.7 Å². The van der Waals surface area contributed by atoms with Crippen molar-refractivity contribution in [3.8, 4) is 5.75 Å². The van der Waals surface area contributed by atoms with Crippen LogP contribution in [-0.4, -0.2) is 34.5 Å². The Morgan fingerprint density at radius 2 is 1.90 bits per heavy atom. The number of fused-ring (bicyclic) bond motifs is 1. The molecule has 0 spiro atoms. The smallest absolute Gasteiger partial charge is 0.271 e. The van der Waals surface area contributed by atoms with Crippen molar-refractivity contribution in [2.75, 3.05) is 19.0 Å². The molecule has 2 heterocycles. The monoisotopic (exact) mass is 387 g/mol. The molecule has 7 heteroatoms. The zero-order chi connectivity index (χ0) is 20.1. The van der Waals surface area contributed by atoms with E-state index in [9.17, 15) is 4.79 Å². The number of nitrogens with one attached hydrogen (secondary N) is 3. The second kappa shape index (κ2) is 8.43. The van der Waals surface area contributed by atoms with Crippen LogP contribution in [-0.2, 0) is 6.42 Å². The second-order valence-corrected chi connectivity index (χ2v) is 6.48. The minimum Gasteiger partial charge on any atom is -0.495 e. The van der Waals surface area contributed by atoms with Gasteiger partial charge in [-0.05, 0) is 30.2 Å². The first-order chi connectivity index (χ1) is 14.2. The number of carbonyl (C=O) groups excluding carboxylic acids is 1. The van der Waals surface area contributed by atoms with Crippen LogP contribution >= 0.6 is 0 Å². The van der Waals surface area contributed by atoms with E-state index in [1.165, 1.54) is 23.3 Å². The molecule has 0 saturated heterocycles. The zero-order valence-electron chi connectivity index (χ0n) is 16.0. The number of H-pyrrole nitrogens is 1. The summed E-state index contributed by atoms with van der Waals surface area (Å²) in [6.07, 6.45) is 5.70. The molecule has 3 N–H and O–H groups in total. The minimum atomic E-state index is -0.249. The third-order valence-electron chi connectivity index (χ3n) is 4.61. The van der Waals surface area contributed by atoms with Gasteiger partial charge in [-0.1, -0.05) is 30.3 Å². The second-order valence-electron chi connectivity index (χ2n) is 6.48. The first-order valence-corrected chi connectivity index (χ1v) is 9.30. The maximum Gasteiger partial charge on any atom is 0.271 e. The SMILES string of the molecule is COc1ccccc1Nc1cnc(C(=O)NCCc2c[nH]c3ccccc23)cn1. The van der Waals surface area contributed by atoms with E-state index >= 15 is 0 Å². The molecule has 0 aliphatic carbocycles. The van der Waals surface area contributed by atoms with Crippen LogP contribution in [0.25, 0.3) is 10.9 Å². The molecule has 0 fully saturated rings. The average molecular weight is 387 g/mol. The highest BCUT2D eigenvalue weighted by molar-refractivity contribution is 5.92. The van der Waals surface area contributed by atoms with Gasteiger partial charge in [-0.2, -0.15) is 0 Å². The molecular formula is C22H21N5O2. The highest BCUT2D eigenvalue weighted by atomic mass is 16.5. The van der Waals surface area contributed by atoms with E-state index in [0.717, 1.165) is 17.6 Å². The van der Waals surface area contributed by atoms with E-state index in [1.54, 1.807) is 7.11 Å². The summed E-state index contributed by atoms with van der Waals surface area (Å²) in [6.45, 7) is 0.517. The van der Waals surface area contributed by atoms with Crippen molar-refractivity contribution in [3.05, 3.63) is 78.4 Å². The fourth-order valence-corrected chi connectivity index (χ4v) is 3.14. The molecule has 2 aromatic heterocycles. The first kappa shape index (κ1) is 18.5. The van der Waals surface area contributed by atoms with Gasteiger partial charge in [0, 0.05) is 23.6 Å². The summed E-state index contributed by atoms with van der Waals surface area (Å²) in [7, 11) is 1.61. The van der Waals surface area contributed by atoms with E-state index in [-0.39, 0.29) is 11.6 Å². The van der Waals surface area contributed by atoms with E-state index < -0.39 is 0 Å². The quantitative estimate of drug-likeness (QED) is 0.450. The number of methoxy groups -OCH3 is 1. The third-order valence-corrected chi connectivity index (χ3v) is 4.61. The van der Waals surface area contributed by atoms with Crippen LogP contribution in [0.5, 0.6) is 5.75 Å². The summed E-state index contributed by atoms with van der Waals surface area (Å²) in [5, 5.41) is 7.20. The molecule has 0 aliphatic heterocycles. The fourth-order valence-electron chi connectivity index (χ4n) is 3.14. The molecule has 0 radical (unpaired) electrons. The van der Waals surface area contributed by atoms with Gasteiger partial charge in [-0.15, -0.1) is 0 Å². The number of anilines is 2. The summed E-state index contributed by atoms with van der Waals surface area (Å²) in [4.78, 5) is 24.1. The van der Waals surface area contributed by atoms with Gasteiger partial charge < -0.3 is 20.4 Å². The number of rotatable bonds is 7. The van der Waals surface area contributed by atoms with Crippen molar-refractivity contribution in [1.82, 2.24) is 20.3 Å². The van der Waals surface area contributed by atoms with Crippen LogP contribution in [0.3, 0.4) is 0 Å². The van der Waals surface area contributed by atoms with Crippen LogP contribution in [0.2, 0.25) is 0 Å². The number of benzene rings is 2. The number of aromatic nitrogens is 3. The van der Waals surface area contributed by atoms with Crippen LogP contribution in [0.1, 0.15) is 16.1 Å². The number of nitrogens with zero attached hydrogens (tertiary/aromatic N) is 2. The lowest BCUT2D eigenvalue weighted by Gasteiger charge is -2.10. The molecule has 7 nitrogen and oxygen atoms in total. The molecule has 0 atom stereocenters. The molecule has 0 aliphatic rings. The Kier molecular flexibility index (Phi) is 5.38. The van der Waals surface area contributed by atoms with E-state index in [4.69, 9.17) is 4.74 Å². The van der Waals surface area contributed by atoms with Crippen LogP contribution in [0.4, 0.5) is 11.5 Å². The Morgan fingerprint density at radius 1 is 1.07 bits per heavy atom. The van der Waals surface area contributed by atoms with Gasteiger partial charge in [0.1, 0.15) is 17.3 Å². The molecule has 0 saturated carbocycles. The lowest BCUT2D eigenvalue weighted by Crippen LogP contribution is -2.26. The lowest BCUT2D eigenvalue weighted by atomic mass is 10.1. The van der Waals surface area contributed by atoms with Gasteiger partial charge in [-0.25, -0.2) is 9.97 Å². The number of amides is 1. The first-order valence-electron chi connectivity index (χ1n) is 9.30. The molecule has 0 unspecified atom stereocenters. The number of ether oxygens (including phenoxy) is 1. The summed E-state index contributed by atoms with van der Waals surface area (Å²) in [5.41, 5.74) is 3.32. The number of aromatic amines is 1. The van der Waals surface area contributed by atoms with Crippen molar-refractivity contribution in [1.29, 1.82) is 0 Å². The predicted molar refractivity (Wildman–Crippen MR) is 113 cm³/mol. The van der Waals surface area contributed by atoms with Gasteiger partial charge in [0.05, 0.1) is 25.2 Å². The normalized spacial score (nSPS) is 10.7. The van der Waals surface area contributed by atoms with Gasteiger partial charge >= 0.3 is 0 Å². The topological polar surface area (TPSA) is 91.9 Å².